The number of aliphatic carboxylic acids is 1. The first kappa shape index (κ1) is 13.5. The van der Waals surface area contributed by atoms with Gasteiger partial charge in [-0.05, 0) is 6.42 Å². The highest BCUT2D eigenvalue weighted by Gasteiger charge is 2.33. The Kier molecular flexibility index (Phi) is 4.47. The van der Waals surface area contributed by atoms with Crippen LogP contribution in [0, 0.1) is 0 Å². The highest BCUT2D eigenvalue weighted by molar-refractivity contribution is 5.82. The Morgan fingerprint density at radius 2 is 1.94 bits per heavy atom. The summed E-state index contributed by atoms with van der Waals surface area (Å²) in [6, 6.07) is -1.66. The van der Waals surface area contributed by atoms with E-state index in [1.54, 1.807) is 0 Å². The zero-order valence-electron chi connectivity index (χ0n) is 9.24. The Morgan fingerprint density at radius 3 is 2.35 bits per heavy atom. The summed E-state index contributed by atoms with van der Waals surface area (Å²) in [5.74, 6) is -1.15. The number of aliphatic hydroxyl groups excluding tert-OH is 2. The Balaban J connectivity index is 2.53. The summed E-state index contributed by atoms with van der Waals surface area (Å²) >= 11 is 0. The number of likely N-dealkylation sites (tertiary alicyclic amines) is 1. The first-order valence-corrected chi connectivity index (χ1v) is 5.21. The van der Waals surface area contributed by atoms with E-state index in [0.29, 0.717) is 0 Å². The van der Waals surface area contributed by atoms with E-state index in [-0.39, 0.29) is 19.5 Å². The van der Waals surface area contributed by atoms with Gasteiger partial charge in [-0.3, -0.25) is 0 Å². The van der Waals surface area contributed by atoms with Crippen LogP contribution in [0.4, 0.5) is 4.79 Å². The molecule has 1 heterocycles. The van der Waals surface area contributed by atoms with Gasteiger partial charge in [0.05, 0.1) is 25.3 Å². The lowest BCUT2D eigenvalue weighted by Crippen LogP contribution is -2.47. The maximum Gasteiger partial charge on any atom is 0.326 e. The Bertz CT molecular complexity index is 310. The number of hydrogen-bond donors (Lipinski definition) is 4. The Labute approximate surface area is 98.3 Å². The average molecular weight is 244 g/mol. The molecular weight excluding hydrogens is 228 g/mol. The smallest absolute Gasteiger partial charge is 0.326 e. The molecule has 7 heteroatoms. The summed E-state index contributed by atoms with van der Waals surface area (Å²) in [5, 5.41) is 29.6. The van der Waals surface area contributed by atoms with Crippen molar-refractivity contribution in [1.82, 2.24) is 10.2 Å². The third-order valence-corrected chi connectivity index (χ3v) is 2.54. The normalized spacial score (nSPS) is 25.4. The fourth-order valence-corrected chi connectivity index (χ4v) is 1.56. The van der Waals surface area contributed by atoms with E-state index in [9.17, 15) is 19.8 Å². The molecule has 0 aromatic rings. The van der Waals surface area contributed by atoms with Gasteiger partial charge in [-0.25, -0.2) is 9.59 Å². The van der Waals surface area contributed by atoms with Crippen molar-refractivity contribution in [1.29, 1.82) is 0 Å². The van der Waals surface area contributed by atoms with Crippen molar-refractivity contribution in [3.8, 4) is 0 Å². The predicted octanol–water partition coefficient (Wildman–Crippen LogP) is -1.24. The molecule has 7 nitrogen and oxygen atoms in total. The number of amides is 2. The second-order valence-corrected chi connectivity index (χ2v) is 3.90. The van der Waals surface area contributed by atoms with Crippen LogP contribution >= 0.6 is 0 Å². The van der Waals surface area contributed by atoms with E-state index >= 15 is 0 Å². The molecule has 0 aromatic heterocycles. The van der Waals surface area contributed by atoms with Crippen LogP contribution in [0.1, 0.15) is 6.42 Å². The summed E-state index contributed by atoms with van der Waals surface area (Å²) < 4.78 is 0. The van der Waals surface area contributed by atoms with Crippen LogP contribution in [0.2, 0.25) is 0 Å². The summed E-state index contributed by atoms with van der Waals surface area (Å²) in [5.41, 5.74) is 0. The SMILES string of the molecule is C=CCC(NC(=O)N1CC(O)C(O)C1)C(=O)O. The third-order valence-electron chi connectivity index (χ3n) is 2.54. The number of rotatable bonds is 4. The molecule has 0 aliphatic carbocycles. The van der Waals surface area contributed by atoms with Gasteiger partial charge in [-0.15, -0.1) is 6.58 Å². The van der Waals surface area contributed by atoms with Crippen molar-refractivity contribution in [2.45, 2.75) is 24.7 Å². The number of nitrogens with one attached hydrogen (secondary N) is 1. The molecule has 3 atom stereocenters. The molecule has 0 bridgehead atoms. The topological polar surface area (TPSA) is 110 Å². The van der Waals surface area contributed by atoms with Gasteiger partial charge >= 0.3 is 12.0 Å². The quantitative estimate of drug-likeness (QED) is 0.462. The summed E-state index contributed by atoms with van der Waals surface area (Å²) in [7, 11) is 0. The molecule has 1 aliphatic heterocycles. The van der Waals surface area contributed by atoms with Gasteiger partial charge in [0.25, 0.3) is 0 Å². The molecule has 1 saturated heterocycles. The average Bonchev–Trinajstić information content (AvgIpc) is 2.58. The minimum Gasteiger partial charge on any atom is -0.480 e. The molecule has 4 N–H and O–H groups in total. The third kappa shape index (κ3) is 3.43. The van der Waals surface area contributed by atoms with Crippen LogP contribution in [0.25, 0.3) is 0 Å². The van der Waals surface area contributed by atoms with Crippen LogP contribution in [-0.4, -0.2) is 63.6 Å². The minimum atomic E-state index is -1.15. The van der Waals surface area contributed by atoms with Gasteiger partial charge in [-0.1, -0.05) is 6.08 Å². The van der Waals surface area contributed by atoms with Gasteiger partial charge in [0, 0.05) is 0 Å². The van der Waals surface area contributed by atoms with Crippen LogP contribution in [-0.2, 0) is 4.79 Å². The Morgan fingerprint density at radius 1 is 1.41 bits per heavy atom. The molecule has 17 heavy (non-hydrogen) atoms. The molecule has 1 fully saturated rings. The van der Waals surface area contributed by atoms with Crippen LogP contribution in [0.3, 0.4) is 0 Å². The number of carbonyl (C=O) groups is 2. The monoisotopic (exact) mass is 244 g/mol. The van der Waals surface area contributed by atoms with Crippen LogP contribution < -0.4 is 5.32 Å². The molecule has 0 saturated carbocycles. The molecule has 1 rings (SSSR count). The minimum absolute atomic E-state index is 0.00652. The summed E-state index contributed by atoms with van der Waals surface area (Å²) in [6.07, 6.45) is -0.459. The number of hydrogen-bond acceptors (Lipinski definition) is 4. The van der Waals surface area contributed by atoms with Crippen LogP contribution in [0.15, 0.2) is 12.7 Å². The lowest BCUT2D eigenvalue weighted by molar-refractivity contribution is -0.139. The van der Waals surface area contributed by atoms with Crippen molar-refractivity contribution in [2.24, 2.45) is 0 Å². The fourth-order valence-electron chi connectivity index (χ4n) is 1.56. The second kappa shape index (κ2) is 5.65. The van der Waals surface area contributed by atoms with Gasteiger partial charge in [-0.2, -0.15) is 0 Å². The maximum atomic E-state index is 11.6. The van der Waals surface area contributed by atoms with Gasteiger partial charge < -0.3 is 25.5 Å². The van der Waals surface area contributed by atoms with Gasteiger partial charge in [0.15, 0.2) is 0 Å². The molecule has 96 valence electrons. The number of carboxylic acid groups (broad SMARTS) is 1. The maximum absolute atomic E-state index is 11.6. The highest BCUT2D eigenvalue weighted by Crippen LogP contribution is 2.10. The van der Waals surface area contributed by atoms with E-state index < -0.39 is 30.3 Å². The molecule has 1 aliphatic rings. The first-order chi connectivity index (χ1) is 7.95. The summed E-state index contributed by atoms with van der Waals surface area (Å²) in [4.78, 5) is 23.6. The van der Waals surface area contributed by atoms with E-state index in [0.717, 1.165) is 0 Å². The Hall–Kier alpha value is -1.60. The zero-order valence-corrected chi connectivity index (χ0v) is 9.24. The van der Waals surface area contributed by atoms with E-state index in [1.807, 2.05) is 0 Å². The molecule has 0 radical (unpaired) electrons. The van der Waals surface area contributed by atoms with Gasteiger partial charge in [0.2, 0.25) is 0 Å². The predicted molar refractivity (Wildman–Crippen MR) is 58.4 cm³/mol. The number of urea groups is 1. The number of carbonyl (C=O) groups excluding carboxylic acids is 1. The van der Waals surface area contributed by atoms with Crippen molar-refractivity contribution >= 4 is 12.0 Å². The number of aliphatic hydroxyl groups is 2. The highest BCUT2D eigenvalue weighted by atomic mass is 16.4. The van der Waals surface area contributed by atoms with Crippen molar-refractivity contribution in [2.75, 3.05) is 13.1 Å². The largest absolute Gasteiger partial charge is 0.480 e. The molecule has 2 amide bonds. The van der Waals surface area contributed by atoms with Crippen molar-refractivity contribution in [3.63, 3.8) is 0 Å². The second-order valence-electron chi connectivity index (χ2n) is 3.90. The van der Waals surface area contributed by atoms with Crippen molar-refractivity contribution in [3.05, 3.63) is 12.7 Å². The molecule has 0 aromatic carbocycles. The molecule has 0 spiro atoms. The van der Waals surface area contributed by atoms with E-state index in [4.69, 9.17) is 5.11 Å². The molecule has 3 unspecified atom stereocenters. The van der Waals surface area contributed by atoms with Crippen LogP contribution in [0.5, 0.6) is 0 Å². The fraction of sp³-hybridized carbons (Fsp3) is 0.600. The standard InChI is InChI=1S/C10H16N2O5/c1-2-3-6(9(15)16)11-10(17)12-4-7(13)8(14)5-12/h2,6-8,13-14H,1,3-5H2,(H,11,17)(H,15,16). The lowest BCUT2D eigenvalue weighted by Gasteiger charge is -2.19. The van der Waals surface area contributed by atoms with E-state index in [2.05, 4.69) is 11.9 Å². The number of β-amino-alcohol motifs (C(OH)–C–C–N with tert-alkyl or cyclic N) is 2. The lowest BCUT2D eigenvalue weighted by atomic mass is 10.2. The summed E-state index contributed by atoms with van der Waals surface area (Å²) in [6.45, 7) is 3.39. The van der Waals surface area contributed by atoms with Crippen molar-refractivity contribution < 1.29 is 24.9 Å². The number of nitrogens with zero attached hydrogens (tertiary/aromatic N) is 1. The first-order valence-electron chi connectivity index (χ1n) is 5.21. The molecular formula is C10H16N2O5. The van der Waals surface area contributed by atoms with E-state index in [1.165, 1.54) is 11.0 Å². The van der Waals surface area contributed by atoms with Gasteiger partial charge in [0.1, 0.15) is 6.04 Å². The zero-order chi connectivity index (χ0) is 13.0. The number of carboxylic acids is 1.